The first-order valence-corrected chi connectivity index (χ1v) is 7.61. The molecule has 0 saturated carbocycles. The van der Waals surface area contributed by atoms with E-state index in [1.807, 2.05) is 72.9 Å². The van der Waals surface area contributed by atoms with Crippen molar-refractivity contribution >= 4 is 28.1 Å². The quantitative estimate of drug-likeness (QED) is 0.478. The number of pyridine rings is 1. The van der Waals surface area contributed by atoms with Crippen LogP contribution in [0.2, 0.25) is 0 Å². The topological polar surface area (TPSA) is 76.0 Å². The van der Waals surface area contributed by atoms with Gasteiger partial charge in [-0.1, -0.05) is 12.1 Å². The molecule has 4 aromatic rings. The second-order valence-electron chi connectivity index (χ2n) is 5.44. The van der Waals surface area contributed by atoms with E-state index in [1.54, 1.807) is 0 Å². The number of H-pyrrole nitrogens is 1. The Morgan fingerprint density at radius 3 is 2.79 bits per heavy atom. The summed E-state index contributed by atoms with van der Waals surface area (Å²) in [4.78, 5) is 7.64. The molecule has 0 amide bonds. The highest BCUT2D eigenvalue weighted by molar-refractivity contribution is 5.80. The average molecular weight is 316 g/mol. The van der Waals surface area contributed by atoms with Crippen molar-refractivity contribution in [2.45, 2.75) is 0 Å². The van der Waals surface area contributed by atoms with Gasteiger partial charge in [0.25, 0.3) is 0 Å². The molecule has 118 valence electrons. The molecule has 2 aromatic carbocycles. The smallest absolute Gasteiger partial charge is 0.221 e. The Morgan fingerprint density at radius 1 is 0.958 bits per heavy atom. The first-order valence-electron chi connectivity index (χ1n) is 7.61. The van der Waals surface area contributed by atoms with Crippen LogP contribution in [0.3, 0.4) is 0 Å². The Balaban J connectivity index is 1.55. The summed E-state index contributed by atoms with van der Waals surface area (Å²) >= 11 is 0. The van der Waals surface area contributed by atoms with Gasteiger partial charge in [-0.3, -0.25) is 0 Å². The van der Waals surface area contributed by atoms with E-state index >= 15 is 0 Å². The van der Waals surface area contributed by atoms with Gasteiger partial charge < -0.3 is 20.8 Å². The zero-order valence-corrected chi connectivity index (χ0v) is 12.9. The third-order valence-electron chi connectivity index (χ3n) is 3.63. The fourth-order valence-electron chi connectivity index (χ4n) is 2.52. The van der Waals surface area contributed by atoms with Gasteiger partial charge in [0, 0.05) is 34.5 Å². The summed E-state index contributed by atoms with van der Waals surface area (Å²) in [5.74, 6) is 1.97. The number of anilines is 3. The van der Waals surface area contributed by atoms with Gasteiger partial charge in [-0.15, -0.1) is 0 Å². The Bertz CT molecular complexity index is 993. The van der Waals surface area contributed by atoms with Crippen molar-refractivity contribution in [1.29, 1.82) is 0 Å². The lowest BCUT2D eigenvalue weighted by atomic mass is 10.2. The largest absolute Gasteiger partial charge is 0.439 e. The highest BCUT2D eigenvalue weighted by Crippen LogP contribution is 2.25. The molecule has 4 N–H and O–H groups in total. The minimum atomic E-state index is 0.527. The number of fused-ring (bicyclic) bond motifs is 1. The molecule has 0 aliphatic heterocycles. The molecule has 0 radical (unpaired) electrons. The molecule has 5 nitrogen and oxygen atoms in total. The number of aromatic amines is 1. The molecule has 2 aromatic heterocycles. The molecular weight excluding hydrogens is 300 g/mol. The molecule has 4 rings (SSSR count). The molecule has 0 fully saturated rings. The van der Waals surface area contributed by atoms with E-state index in [1.165, 1.54) is 0 Å². The SMILES string of the molecule is Nc1cccc(Nc2cccc(Oc3ccc4[nH]ccc4c3)n2)c1. The number of ether oxygens (including phenoxy) is 1. The number of aromatic nitrogens is 2. The molecular formula is C19H16N4O. The van der Waals surface area contributed by atoms with Crippen LogP contribution in [0, 0.1) is 0 Å². The summed E-state index contributed by atoms with van der Waals surface area (Å²) in [6, 6.07) is 21.0. The predicted molar refractivity (Wildman–Crippen MR) is 96.7 cm³/mol. The molecule has 24 heavy (non-hydrogen) atoms. The highest BCUT2D eigenvalue weighted by atomic mass is 16.5. The first kappa shape index (κ1) is 14.1. The van der Waals surface area contributed by atoms with E-state index in [-0.39, 0.29) is 0 Å². The first-order chi connectivity index (χ1) is 11.8. The summed E-state index contributed by atoms with van der Waals surface area (Å²) in [5.41, 5.74) is 8.45. The maximum atomic E-state index is 5.87. The van der Waals surface area contributed by atoms with Crippen LogP contribution in [0.1, 0.15) is 0 Å². The average Bonchev–Trinajstić information content (AvgIpc) is 3.03. The molecule has 0 saturated heterocycles. The van der Waals surface area contributed by atoms with Crippen molar-refractivity contribution < 1.29 is 4.74 Å². The van der Waals surface area contributed by atoms with Crippen molar-refractivity contribution in [3.8, 4) is 11.6 Å². The summed E-state index contributed by atoms with van der Waals surface area (Å²) in [7, 11) is 0. The number of benzene rings is 2. The standard InChI is InChI=1S/C19H16N4O/c20-14-3-1-4-15(12-14)22-18-5-2-6-19(23-18)24-16-7-8-17-13(11-16)9-10-21-17/h1-12,21H,20H2,(H,22,23). The molecule has 0 aliphatic carbocycles. The molecule has 2 heterocycles. The van der Waals surface area contributed by atoms with Crippen LogP contribution in [-0.4, -0.2) is 9.97 Å². The Kier molecular flexibility index (Phi) is 3.51. The second-order valence-corrected chi connectivity index (χ2v) is 5.44. The molecule has 0 aliphatic rings. The van der Waals surface area contributed by atoms with Gasteiger partial charge in [-0.25, -0.2) is 0 Å². The summed E-state index contributed by atoms with van der Waals surface area (Å²) < 4.78 is 5.87. The fraction of sp³-hybridized carbons (Fsp3) is 0. The van der Waals surface area contributed by atoms with Gasteiger partial charge in [-0.2, -0.15) is 4.98 Å². The van der Waals surface area contributed by atoms with Gasteiger partial charge in [-0.05, 0) is 48.5 Å². The minimum Gasteiger partial charge on any atom is -0.439 e. The normalized spacial score (nSPS) is 10.7. The van der Waals surface area contributed by atoms with Crippen molar-refractivity contribution in [1.82, 2.24) is 9.97 Å². The van der Waals surface area contributed by atoms with E-state index in [2.05, 4.69) is 15.3 Å². The monoisotopic (exact) mass is 316 g/mol. The van der Waals surface area contributed by atoms with Crippen LogP contribution in [0.25, 0.3) is 10.9 Å². The Morgan fingerprint density at radius 2 is 1.88 bits per heavy atom. The van der Waals surface area contributed by atoms with Gasteiger partial charge in [0.2, 0.25) is 5.88 Å². The number of rotatable bonds is 4. The van der Waals surface area contributed by atoms with E-state index in [0.29, 0.717) is 17.4 Å². The Hall–Kier alpha value is -3.47. The maximum Gasteiger partial charge on any atom is 0.221 e. The van der Waals surface area contributed by atoms with E-state index < -0.39 is 0 Å². The van der Waals surface area contributed by atoms with E-state index in [9.17, 15) is 0 Å². The lowest BCUT2D eigenvalue weighted by Crippen LogP contribution is -1.96. The predicted octanol–water partition coefficient (Wildman–Crippen LogP) is 4.68. The fourth-order valence-corrected chi connectivity index (χ4v) is 2.52. The lowest BCUT2D eigenvalue weighted by molar-refractivity contribution is 0.464. The third kappa shape index (κ3) is 3.01. The second kappa shape index (κ2) is 5.96. The van der Waals surface area contributed by atoms with Crippen molar-refractivity contribution in [3.05, 3.63) is 72.9 Å². The number of nitrogens with one attached hydrogen (secondary N) is 2. The van der Waals surface area contributed by atoms with Gasteiger partial charge in [0.1, 0.15) is 11.6 Å². The molecule has 0 spiro atoms. The van der Waals surface area contributed by atoms with Crippen LogP contribution in [-0.2, 0) is 0 Å². The van der Waals surface area contributed by atoms with Gasteiger partial charge in [0.15, 0.2) is 0 Å². The van der Waals surface area contributed by atoms with Gasteiger partial charge in [0.05, 0.1) is 0 Å². The van der Waals surface area contributed by atoms with Crippen molar-refractivity contribution in [2.24, 2.45) is 0 Å². The molecule has 5 heteroatoms. The van der Waals surface area contributed by atoms with E-state index in [0.717, 1.165) is 22.3 Å². The number of hydrogen-bond donors (Lipinski definition) is 3. The third-order valence-corrected chi connectivity index (χ3v) is 3.63. The lowest BCUT2D eigenvalue weighted by Gasteiger charge is -2.09. The molecule has 0 unspecified atom stereocenters. The van der Waals surface area contributed by atoms with Crippen LogP contribution in [0.5, 0.6) is 11.6 Å². The zero-order chi connectivity index (χ0) is 16.4. The molecule has 0 bridgehead atoms. The summed E-state index contributed by atoms with van der Waals surface area (Å²) in [5, 5.41) is 4.32. The number of nitrogen functional groups attached to an aromatic ring is 1. The van der Waals surface area contributed by atoms with Gasteiger partial charge >= 0.3 is 0 Å². The number of nitrogens with two attached hydrogens (primary N) is 1. The number of hydrogen-bond acceptors (Lipinski definition) is 4. The summed E-state index contributed by atoms with van der Waals surface area (Å²) in [6.07, 6.45) is 1.91. The Labute approximate surface area is 139 Å². The summed E-state index contributed by atoms with van der Waals surface area (Å²) in [6.45, 7) is 0. The van der Waals surface area contributed by atoms with Crippen LogP contribution < -0.4 is 15.8 Å². The number of nitrogens with zero attached hydrogens (tertiary/aromatic N) is 1. The van der Waals surface area contributed by atoms with E-state index in [4.69, 9.17) is 10.5 Å². The maximum absolute atomic E-state index is 5.87. The van der Waals surface area contributed by atoms with Crippen LogP contribution in [0.15, 0.2) is 72.9 Å². The van der Waals surface area contributed by atoms with Crippen molar-refractivity contribution in [2.75, 3.05) is 11.1 Å². The van der Waals surface area contributed by atoms with Crippen molar-refractivity contribution in [3.63, 3.8) is 0 Å². The molecule has 0 atom stereocenters. The van der Waals surface area contributed by atoms with Crippen LogP contribution >= 0.6 is 0 Å². The minimum absolute atomic E-state index is 0.527. The highest BCUT2D eigenvalue weighted by Gasteiger charge is 2.03. The zero-order valence-electron chi connectivity index (χ0n) is 12.9. The van der Waals surface area contributed by atoms with Crippen LogP contribution in [0.4, 0.5) is 17.2 Å².